The van der Waals surface area contributed by atoms with Gasteiger partial charge in [-0.3, -0.25) is 4.79 Å². The molecule has 1 aromatic heterocycles. The van der Waals surface area contributed by atoms with Crippen molar-refractivity contribution < 1.29 is 22.4 Å². The summed E-state index contributed by atoms with van der Waals surface area (Å²) in [5.41, 5.74) is 3.04. The summed E-state index contributed by atoms with van der Waals surface area (Å²) >= 11 is 0. The van der Waals surface area contributed by atoms with Crippen molar-refractivity contribution in [3.05, 3.63) is 63.5 Å². The highest BCUT2D eigenvalue weighted by Crippen LogP contribution is 2.34. The Morgan fingerprint density at radius 2 is 1.81 bits per heavy atom. The maximum atomic E-state index is 12.4. The van der Waals surface area contributed by atoms with E-state index < -0.39 is 15.9 Å². The van der Waals surface area contributed by atoms with Crippen LogP contribution >= 0.6 is 0 Å². The molecular weight excluding hydrogens is 420 g/mol. The first-order valence-corrected chi connectivity index (χ1v) is 11.4. The lowest BCUT2D eigenvalue weighted by Gasteiger charge is -2.19. The van der Waals surface area contributed by atoms with Gasteiger partial charge in [-0.2, -0.15) is 0 Å². The van der Waals surface area contributed by atoms with E-state index in [-0.39, 0.29) is 17.1 Å². The van der Waals surface area contributed by atoms with Crippen molar-refractivity contribution in [3.63, 3.8) is 0 Å². The maximum Gasteiger partial charge on any atom is 0.339 e. The number of carbonyl (C=O) groups excluding carboxylic acids is 1. The highest BCUT2D eigenvalue weighted by molar-refractivity contribution is 7.89. The quantitative estimate of drug-likeness (QED) is 0.585. The third-order valence-corrected chi connectivity index (χ3v) is 6.18. The highest BCUT2D eigenvalue weighted by Gasteiger charge is 2.21. The fraction of sp³-hybridized carbons (Fsp3) is 0.273. The van der Waals surface area contributed by atoms with Gasteiger partial charge in [-0.15, -0.1) is 0 Å². The number of nitrogens with two attached hydrogens (primary N) is 1. The van der Waals surface area contributed by atoms with Gasteiger partial charge in [-0.25, -0.2) is 18.4 Å². The average Bonchev–Trinajstić information content (AvgIpc) is 2.71. The molecule has 0 atom stereocenters. The lowest BCUT2D eigenvalue weighted by Crippen LogP contribution is -2.21. The Morgan fingerprint density at radius 3 is 2.48 bits per heavy atom. The number of hydrogen-bond acceptors (Lipinski definition) is 6. The van der Waals surface area contributed by atoms with E-state index >= 15 is 0 Å². The number of aryl methyl sites for hydroxylation is 2. The molecule has 3 N–H and O–H groups in total. The standard InChI is InChI=1S/C22H22N2O6S/c1-13-10-18(21-16-4-2-3-5-17(16)22(26)30-19(21)11-13)29-12-20(25)24-14-6-8-15(9-7-14)31(23,27)28/h6-11H,2-5,12H2,1H3,(H,24,25)(H2,23,27,28). The van der Waals surface area contributed by atoms with Crippen molar-refractivity contribution in [3.8, 4) is 5.75 Å². The molecule has 162 valence electrons. The summed E-state index contributed by atoms with van der Waals surface area (Å²) in [6.07, 6.45) is 3.36. The summed E-state index contributed by atoms with van der Waals surface area (Å²) in [6, 6.07) is 9.15. The second-order valence-electron chi connectivity index (χ2n) is 7.60. The van der Waals surface area contributed by atoms with E-state index in [0.29, 0.717) is 29.0 Å². The topological polar surface area (TPSA) is 129 Å². The van der Waals surface area contributed by atoms with E-state index in [0.717, 1.165) is 35.8 Å². The van der Waals surface area contributed by atoms with Gasteiger partial charge in [0.25, 0.3) is 5.91 Å². The number of hydrogen-bond donors (Lipinski definition) is 2. The van der Waals surface area contributed by atoms with Gasteiger partial charge >= 0.3 is 5.63 Å². The van der Waals surface area contributed by atoms with E-state index in [1.54, 1.807) is 6.07 Å². The first-order chi connectivity index (χ1) is 14.7. The summed E-state index contributed by atoms with van der Waals surface area (Å²) in [4.78, 5) is 24.7. The van der Waals surface area contributed by atoms with Crippen LogP contribution in [-0.2, 0) is 27.7 Å². The van der Waals surface area contributed by atoms with Gasteiger partial charge in [0, 0.05) is 11.3 Å². The van der Waals surface area contributed by atoms with Crippen LogP contribution in [0.5, 0.6) is 5.75 Å². The number of ether oxygens (including phenoxy) is 1. The Bertz CT molecular complexity index is 1330. The van der Waals surface area contributed by atoms with Gasteiger partial charge in [0.15, 0.2) is 6.61 Å². The van der Waals surface area contributed by atoms with Gasteiger partial charge in [-0.05, 0) is 80.1 Å². The van der Waals surface area contributed by atoms with Crippen molar-refractivity contribution in [1.82, 2.24) is 0 Å². The maximum absolute atomic E-state index is 12.4. The van der Waals surface area contributed by atoms with E-state index in [1.807, 2.05) is 13.0 Å². The Kier molecular flexibility index (Phi) is 5.55. The van der Waals surface area contributed by atoms with Gasteiger partial charge in [0.2, 0.25) is 10.0 Å². The third kappa shape index (κ3) is 4.47. The number of carbonyl (C=O) groups is 1. The predicted molar refractivity (Wildman–Crippen MR) is 116 cm³/mol. The van der Waals surface area contributed by atoms with Crippen LogP contribution in [0.4, 0.5) is 5.69 Å². The van der Waals surface area contributed by atoms with Crippen molar-refractivity contribution in [2.75, 3.05) is 11.9 Å². The molecule has 0 spiro atoms. The number of benzene rings is 2. The second-order valence-corrected chi connectivity index (χ2v) is 9.16. The molecule has 0 radical (unpaired) electrons. The number of amides is 1. The Morgan fingerprint density at radius 1 is 1.13 bits per heavy atom. The molecule has 31 heavy (non-hydrogen) atoms. The molecule has 8 nitrogen and oxygen atoms in total. The summed E-state index contributed by atoms with van der Waals surface area (Å²) in [6.45, 7) is 1.60. The molecule has 0 unspecified atom stereocenters. The molecule has 0 fully saturated rings. The van der Waals surface area contributed by atoms with E-state index in [4.69, 9.17) is 14.3 Å². The number of anilines is 1. The van der Waals surface area contributed by atoms with Gasteiger partial charge in [0.05, 0.1) is 10.3 Å². The minimum Gasteiger partial charge on any atom is -0.483 e. The lowest BCUT2D eigenvalue weighted by molar-refractivity contribution is -0.118. The van der Waals surface area contributed by atoms with Crippen molar-refractivity contribution in [2.45, 2.75) is 37.5 Å². The zero-order valence-corrected chi connectivity index (χ0v) is 17.8. The fourth-order valence-corrected chi connectivity index (χ4v) is 4.36. The predicted octanol–water partition coefficient (Wildman–Crippen LogP) is 2.65. The zero-order chi connectivity index (χ0) is 22.2. The third-order valence-electron chi connectivity index (χ3n) is 5.25. The number of nitrogens with one attached hydrogen (secondary N) is 1. The summed E-state index contributed by atoms with van der Waals surface area (Å²) in [5, 5.41) is 8.47. The largest absolute Gasteiger partial charge is 0.483 e. The molecule has 4 rings (SSSR count). The molecule has 1 amide bonds. The number of primary sulfonamides is 1. The summed E-state index contributed by atoms with van der Waals surface area (Å²) in [5.74, 6) is 0.0842. The van der Waals surface area contributed by atoms with E-state index in [1.165, 1.54) is 24.3 Å². The van der Waals surface area contributed by atoms with E-state index in [2.05, 4.69) is 5.32 Å². The van der Waals surface area contributed by atoms with Gasteiger partial charge in [0.1, 0.15) is 11.3 Å². The molecule has 0 saturated heterocycles. The molecule has 0 saturated carbocycles. The Labute approximate surface area is 179 Å². The van der Waals surface area contributed by atoms with Crippen LogP contribution in [0, 0.1) is 6.92 Å². The van der Waals surface area contributed by atoms with Gasteiger partial charge in [-0.1, -0.05) is 0 Å². The number of rotatable bonds is 5. The second kappa shape index (κ2) is 8.16. The first kappa shape index (κ1) is 21.1. The highest BCUT2D eigenvalue weighted by atomic mass is 32.2. The molecule has 1 heterocycles. The molecule has 1 aliphatic rings. The molecule has 0 aliphatic heterocycles. The first-order valence-electron chi connectivity index (χ1n) is 9.87. The Balaban J connectivity index is 1.56. The summed E-state index contributed by atoms with van der Waals surface area (Å²) in [7, 11) is -3.80. The molecule has 0 bridgehead atoms. The molecule has 2 aromatic carbocycles. The molecule has 3 aromatic rings. The lowest BCUT2D eigenvalue weighted by atomic mass is 9.90. The SMILES string of the molecule is Cc1cc(OCC(=O)Nc2ccc(S(N)(=O)=O)cc2)c2c3c(c(=O)oc2c1)CCCC3. The van der Waals surface area contributed by atoms with Crippen LogP contribution in [0.1, 0.15) is 29.5 Å². The molecule has 9 heteroatoms. The zero-order valence-electron chi connectivity index (χ0n) is 16.9. The minimum absolute atomic E-state index is 0.0424. The average molecular weight is 442 g/mol. The normalized spacial score (nSPS) is 13.6. The minimum atomic E-state index is -3.80. The fourth-order valence-electron chi connectivity index (χ4n) is 3.85. The monoisotopic (exact) mass is 442 g/mol. The van der Waals surface area contributed by atoms with Crippen LogP contribution in [0.25, 0.3) is 11.0 Å². The van der Waals surface area contributed by atoms with Crippen molar-refractivity contribution in [1.29, 1.82) is 0 Å². The number of sulfonamides is 1. The van der Waals surface area contributed by atoms with Crippen LogP contribution in [0.15, 0.2) is 50.5 Å². The van der Waals surface area contributed by atoms with Crippen LogP contribution < -0.4 is 20.8 Å². The van der Waals surface area contributed by atoms with Crippen molar-refractivity contribution in [2.24, 2.45) is 5.14 Å². The van der Waals surface area contributed by atoms with Crippen LogP contribution in [0.3, 0.4) is 0 Å². The van der Waals surface area contributed by atoms with E-state index in [9.17, 15) is 18.0 Å². The molecular formula is C22H22N2O6S. The Hall–Kier alpha value is -3.17. The summed E-state index contributed by atoms with van der Waals surface area (Å²) < 4.78 is 34.0. The number of fused-ring (bicyclic) bond motifs is 3. The smallest absolute Gasteiger partial charge is 0.339 e. The van der Waals surface area contributed by atoms with Crippen LogP contribution in [0.2, 0.25) is 0 Å². The molecule has 1 aliphatic carbocycles. The van der Waals surface area contributed by atoms with Gasteiger partial charge < -0.3 is 14.5 Å². The van der Waals surface area contributed by atoms with Crippen LogP contribution in [-0.4, -0.2) is 20.9 Å². The van der Waals surface area contributed by atoms with Crippen molar-refractivity contribution >= 4 is 32.6 Å².